The number of nitrogens with zero attached hydrogens (tertiary/aromatic N) is 1. The molecule has 1 aliphatic rings. The Morgan fingerprint density at radius 2 is 1.76 bits per heavy atom. The number of rotatable bonds is 3. The fraction of sp³-hybridized carbons (Fsp3) is 0.467. The molecule has 0 bridgehead atoms. The van der Waals surface area contributed by atoms with Crippen molar-refractivity contribution in [2.45, 2.75) is 19.8 Å². The summed E-state index contributed by atoms with van der Waals surface area (Å²) in [5.41, 5.74) is 12.9. The van der Waals surface area contributed by atoms with Crippen molar-refractivity contribution in [3.8, 4) is 0 Å². The third-order valence-corrected chi connectivity index (χ3v) is 3.73. The fourth-order valence-electron chi connectivity index (χ4n) is 2.65. The van der Waals surface area contributed by atoms with Gasteiger partial charge in [0, 0.05) is 42.5 Å². The topological polar surface area (TPSA) is 101 Å². The summed E-state index contributed by atoms with van der Waals surface area (Å²) in [6.07, 6.45) is 1.38. The molecule has 0 saturated carbocycles. The van der Waals surface area contributed by atoms with Crippen LogP contribution in [0.5, 0.6) is 0 Å². The van der Waals surface area contributed by atoms with Gasteiger partial charge in [0.05, 0.1) is 0 Å². The second-order valence-corrected chi connectivity index (χ2v) is 5.35. The number of anilines is 2. The van der Waals surface area contributed by atoms with Crippen molar-refractivity contribution in [1.29, 1.82) is 0 Å². The molecular formula is C15H22N4O2. The molecule has 1 fully saturated rings. The zero-order valence-corrected chi connectivity index (χ0v) is 12.3. The third-order valence-electron chi connectivity index (χ3n) is 3.73. The van der Waals surface area contributed by atoms with Crippen molar-refractivity contribution in [2.24, 2.45) is 5.92 Å². The summed E-state index contributed by atoms with van der Waals surface area (Å²) in [5, 5.41) is 2.83. The van der Waals surface area contributed by atoms with Crippen LogP contribution in [0.1, 0.15) is 30.1 Å². The van der Waals surface area contributed by atoms with Crippen LogP contribution in [0.3, 0.4) is 0 Å². The van der Waals surface area contributed by atoms with Gasteiger partial charge in [-0.1, -0.05) is 0 Å². The molecule has 1 heterocycles. The maximum atomic E-state index is 12.4. The molecule has 2 rings (SSSR count). The maximum absolute atomic E-state index is 12.4. The minimum absolute atomic E-state index is 0.0000813. The first-order chi connectivity index (χ1) is 10.0. The molecule has 114 valence electrons. The lowest BCUT2D eigenvalue weighted by Gasteiger charge is -2.31. The van der Waals surface area contributed by atoms with E-state index in [0.29, 0.717) is 49.4 Å². The molecule has 6 nitrogen and oxygen atoms in total. The predicted octanol–water partition coefficient (Wildman–Crippen LogP) is 0.839. The number of likely N-dealkylation sites (tertiary alicyclic amines) is 1. The molecule has 5 N–H and O–H groups in total. The molecule has 0 aliphatic carbocycles. The standard InChI is InChI=1S/C15H22N4O2/c1-2-18-14(20)10-3-5-19(6-4-10)15(21)11-7-12(16)9-13(17)8-11/h7-10H,2-6,16-17H2,1H3,(H,18,20). The minimum Gasteiger partial charge on any atom is -0.399 e. The Hall–Kier alpha value is -2.24. The first-order valence-corrected chi connectivity index (χ1v) is 7.24. The van der Waals surface area contributed by atoms with Gasteiger partial charge in [0.15, 0.2) is 0 Å². The van der Waals surface area contributed by atoms with E-state index in [9.17, 15) is 9.59 Å². The Kier molecular flexibility index (Phi) is 4.67. The highest BCUT2D eigenvalue weighted by atomic mass is 16.2. The van der Waals surface area contributed by atoms with Crippen LogP contribution in [0.2, 0.25) is 0 Å². The smallest absolute Gasteiger partial charge is 0.254 e. The second-order valence-electron chi connectivity index (χ2n) is 5.35. The summed E-state index contributed by atoms with van der Waals surface area (Å²) in [7, 11) is 0. The third kappa shape index (κ3) is 3.65. The summed E-state index contributed by atoms with van der Waals surface area (Å²) in [6.45, 7) is 3.70. The number of carbonyl (C=O) groups is 2. The number of amides is 2. The first-order valence-electron chi connectivity index (χ1n) is 7.24. The molecular weight excluding hydrogens is 268 g/mol. The van der Waals surface area contributed by atoms with E-state index in [1.165, 1.54) is 0 Å². The summed E-state index contributed by atoms with van der Waals surface area (Å²) in [6, 6.07) is 4.89. The highest BCUT2D eigenvalue weighted by molar-refractivity contribution is 5.96. The molecule has 6 heteroatoms. The molecule has 0 unspecified atom stereocenters. The Morgan fingerprint density at radius 3 is 2.29 bits per heavy atom. The van der Waals surface area contributed by atoms with E-state index in [1.807, 2.05) is 6.92 Å². The summed E-state index contributed by atoms with van der Waals surface area (Å²) < 4.78 is 0. The van der Waals surface area contributed by atoms with Crippen molar-refractivity contribution in [2.75, 3.05) is 31.1 Å². The van der Waals surface area contributed by atoms with Crippen molar-refractivity contribution < 1.29 is 9.59 Å². The average molecular weight is 290 g/mol. The molecule has 1 saturated heterocycles. The monoisotopic (exact) mass is 290 g/mol. The zero-order valence-electron chi connectivity index (χ0n) is 12.3. The van der Waals surface area contributed by atoms with E-state index in [1.54, 1.807) is 23.1 Å². The Labute approximate surface area is 124 Å². The van der Waals surface area contributed by atoms with Crippen LogP contribution in [0, 0.1) is 5.92 Å². The number of benzene rings is 1. The van der Waals surface area contributed by atoms with Gasteiger partial charge >= 0.3 is 0 Å². The summed E-state index contributed by atoms with van der Waals surface area (Å²) >= 11 is 0. The SMILES string of the molecule is CCNC(=O)C1CCN(C(=O)c2cc(N)cc(N)c2)CC1. The normalized spacial score (nSPS) is 15.8. The summed E-state index contributed by atoms with van der Waals surface area (Å²) in [4.78, 5) is 26.0. The number of hydrogen-bond donors (Lipinski definition) is 3. The molecule has 21 heavy (non-hydrogen) atoms. The van der Waals surface area contributed by atoms with Gasteiger partial charge < -0.3 is 21.7 Å². The first kappa shape index (κ1) is 15.2. The number of carbonyl (C=O) groups excluding carboxylic acids is 2. The van der Waals surface area contributed by atoms with Crippen molar-refractivity contribution >= 4 is 23.2 Å². The highest BCUT2D eigenvalue weighted by Gasteiger charge is 2.27. The van der Waals surface area contributed by atoms with E-state index in [-0.39, 0.29) is 17.7 Å². The largest absolute Gasteiger partial charge is 0.399 e. The van der Waals surface area contributed by atoms with Gasteiger partial charge in [-0.25, -0.2) is 0 Å². The molecule has 1 aromatic rings. The molecule has 1 aromatic carbocycles. The van der Waals surface area contributed by atoms with Crippen LogP contribution < -0.4 is 16.8 Å². The van der Waals surface area contributed by atoms with Crippen LogP contribution in [0.25, 0.3) is 0 Å². The second kappa shape index (κ2) is 6.47. The van der Waals surface area contributed by atoms with Crippen LogP contribution in [0.4, 0.5) is 11.4 Å². The lowest BCUT2D eigenvalue weighted by Crippen LogP contribution is -2.43. The number of hydrogen-bond acceptors (Lipinski definition) is 4. The van der Waals surface area contributed by atoms with Gasteiger partial charge in [-0.3, -0.25) is 9.59 Å². The van der Waals surface area contributed by atoms with Gasteiger partial charge in [-0.2, -0.15) is 0 Å². The van der Waals surface area contributed by atoms with Gasteiger partial charge in [-0.15, -0.1) is 0 Å². The number of nitrogens with two attached hydrogens (primary N) is 2. The molecule has 1 aliphatic heterocycles. The highest BCUT2D eigenvalue weighted by Crippen LogP contribution is 2.21. The van der Waals surface area contributed by atoms with Gasteiger partial charge in [-0.05, 0) is 38.0 Å². The maximum Gasteiger partial charge on any atom is 0.254 e. The molecule has 0 aromatic heterocycles. The lowest BCUT2D eigenvalue weighted by atomic mass is 9.95. The van der Waals surface area contributed by atoms with Crippen molar-refractivity contribution in [1.82, 2.24) is 10.2 Å². The van der Waals surface area contributed by atoms with Crippen molar-refractivity contribution in [3.63, 3.8) is 0 Å². The van der Waals surface area contributed by atoms with E-state index in [0.717, 1.165) is 0 Å². The van der Waals surface area contributed by atoms with Crippen LogP contribution in [-0.4, -0.2) is 36.3 Å². The van der Waals surface area contributed by atoms with Gasteiger partial charge in [0.25, 0.3) is 5.91 Å². The van der Waals surface area contributed by atoms with E-state index >= 15 is 0 Å². The fourth-order valence-corrected chi connectivity index (χ4v) is 2.65. The molecule has 0 atom stereocenters. The quantitative estimate of drug-likeness (QED) is 0.718. The Morgan fingerprint density at radius 1 is 1.19 bits per heavy atom. The minimum atomic E-state index is -0.0802. The van der Waals surface area contributed by atoms with Crippen LogP contribution in [0.15, 0.2) is 18.2 Å². The van der Waals surface area contributed by atoms with Crippen LogP contribution in [-0.2, 0) is 4.79 Å². The van der Waals surface area contributed by atoms with E-state index < -0.39 is 0 Å². The number of piperidine rings is 1. The van der Waals surface area contributed by atoms with Crippen LogP contribution >= 0.6 is 0 Å². The van der Waals surface area contributed by atoms with Gasteiger partial charge in [0.2, 0.25) is 5.91 Å². The lowest BCUT2D eigenvalue weighted by molar-refractivity contribution is -0.126. The number of nitrogen functional groups attached to an aromatic ring is 2. The Bertz CT molecular complexity index is 516. The average Bonchev–Trinajstić information content (AvgIpc) is 2.46. The van der Waals surface area contributed by atoms with E-state index in [4.69, 9.17) is 11.5 Å². The van der Waals surface area contributed by atoms with Gasteiger partial charge in [0.1, 0.15) is 0 Å². The zero-order chi connectivity index (χ0) is 15.4. The molecule has 0 spiro atoms. The molecule has 2 amide bonds. The van der Waals surface area contributed by atoms with E-state index in [2.05, 4.69) is 5.32 Å². The molecule has 0 radical (unpaired) electrons. The predicted molar refractivity (Wildman–Crippen MR) is 82.6 cm³/mol. The Balaban J connectivity index is 1.98. The van der Waals surface area contributed by atoms with Crippen molar-refractivity contribution in [3.05, 3.63) is 23.8 Å². The number of nitrogens with one attached hydrogen (secondary N) is 1. The summed E-state index contributed by atoms with van der Waals surface area (Å²) in [5.74, 6) is 0.000982.